The second-order valence-electron chi connectivity index (χ2n) is 9.80. The standard InChI is InChI=1S/C26H32F6N6O2S/c27-25(28,29)16-13-19(23-21(14-16)41-20-4-2-1-3-18(20)36-23)35-17-5-8-37(9-6-17)11-12-38(10-7-33)22(15-34)40-24(39)26(30,31)32/h1-4,13-14,17,22,35-36H,5-12,15,33-34H2. The van der Waals surface area contributed by atoms with Crippen molar-refractivity contribution >= 4 is 34.8 Å². The highest BCUT2D eigenvalue weighted by Crippen LogP contribution is 2.49. The number of nitrogens with one attached hydrogen (secondary N) is 2. The first-order valence-corrected chi connectivity index (χ1v) is 13.9. The van der Waals surface area contributed by atoms with Crippen molar-refractivity contribution in [3.63, 3.8) is 0 Å². The summed E-state index contributed by atoms with van der Waals surface area (Å²) in [4.78, 5) is 16.2. The molecule has 0 aromatic heterocycles. The first kappa shape index (κ1) is 31.2. The number of carbonyl (C=O) groups is 1. The van der Waals surface area contributed by atoms with E-state index < -0.39 is 30.1 Å². The van der Waals surface area contributed by atoms with Crippen LogP contribution in [0.4, 0.5) is 43.4 Å². The molecule has 0 aliphatic carbocycles. The summed E-state index contributed by atoms with van der Waals surface area (Å²) in [5.41, 5.74) is 12.3. The summed E-state index contributed by atoms with van der Waals surface area (Å²) in [6.45, 7) is 1.92. The molecule has 0 bridgehead atoms. The van der Waals surface area contributed by atoms with Gasteiger partial charge in [0.05, 0.1) is 22.6 Å². The summed E-state index contributed by atoms with van der Waals surface area (Å²) in [6, 6.07) is 9.61. The van der Waals surface area contributed by atoms with Gasteiger partial charge in [-0.2, -0.15) is 26.3 Å². The van der Waals surface area contributed by atoms with E-state index in [0.717, 1.165) is 22.7 Å². The molecule has 0 spiro atoms. The van der Waals surface area contributed by atoms with E-state index in [4.69, 9.17) is 11.5 Å². The van der Waals surface area contributed by atoms with E-state index in [1.54, 1.807) is 0 Å². The fraction of sp³-hybridized carbons (Fsp3) is 0.500. The summed E-state index contributed by atoms with van der Waals surface area (Å²) in [6.07, 6.45) is -9.64. The third kappa shape index (κ3) is 7.97. The zero-order valence-corrected chi connectivity index (χ0v) is 22.8. The Labute approximate surface area is 237 Å². The highest BCUT2D eigenvalue weighted by atomic mass is 32.2. The molecule has 2 aliphatic heterocycles. The number of hydrogen-bond donors (Lipinski definition) is 4. The second kappa shape index (κ2) is 13.1. The summed E-state index contributed by atoms with van der Waals surface area (Å²) >= 11 is 1.28. The lowest BCUT2D eigenvalue weighted by Crippen LogP contribution is -2.51. The van der Waals surface area contributed by atoms with E-state index in [9.17, 15) is 31.1 Å². The second-order valence-corrected chi connectivity index (χ2v) is 10.9. The quantitative estimate of drug-likeness (QED) is 0.151. The Morgan fingerprint density at radius 3 is 2.44 bits per heavy atom. The number of para-hydroxylation sites is 1. The number of likely N-dealkylation sites (tertiary alicyclic amines) is 1. The van der Waals surface area contributed by atoms with Crippen molar-refractivity contribution in [2.45, 2.75) is 47.3 Å². The molecule has 226 valence electrons. The number of nitrogens with zero attached hydrogens (tertiary/aromatic N) is 2. The summed E-state index contributed by atoms with van der Waals surface area (Å²) in [5.74, 6) is -2.31. The fourth-order valence-corrected chi connectivity index (χ4v) is 5.89. The summed E-state index contributed by atoms with van der Waals surface area (Å²) in [7, 11) is 0. The van der Waals surface area contributed by atoms with Crippen LogP contribution in [-0.4, -0.2) is 80.0 Å². The Bertz CT molecular complexity index is 1210. The molecular weight excluding hydrogens is 574 g/mol. The molecule has 1 saturated heterocycles. The van der Waals surface area contributed by atoms with E-state index in [-0.39, 0.29) is 32.2 Å². The highest BCUT2D eigenvalue weighted by molar-refractivity contribution is 7.99. The number of benzene rings is 2. The van der Waals surface area contributed by atoms with E-state index in [1.807, 2.05) is 24.3 Å². The van der Waals surface area contributed by atoms with Crippen LogP contribution in [0.15, 0.2) is 46.2 Å². The normalized spacial score (nSPS) is 17.0. The van der Waals surface area contributed by atoms with Crippen molar-refractivity contribution in [2.75, 3.05) is 56.4 Å². The highest BCUT2D eigenvalue weighted by Gasteiger charge is 2.43. The Hall–Kier alpha value is -2.72. The lowest BCUT2D eigenvalue weighted by atomic mass is 10.0. The molecule has 6 N–H and O–H groups in total. The van der Waals surface area contributed by atoms with E-state index in [0.29, 0.717) is 48.7 Å². The molecule has 1 unspecified atom stereocenters. The minimum absolute atomic E-state index is 0.0903. The maximum atomic E-state index is 13.7. The lowest BCUT2D eigenvalue weighted by Gasteiger charge is -2.36. The van der Waals surface area contributed by atoms with Crippen LogP contribution in [0, 0.1) is 0 Å². The largest absolute Gasteiger partial charge is 0.490 e. The van der Waals surface area contributed by atoms with Crippen LogP contribution in [0.25, 0.3) is 0 Å². The van der Waals surface area contributed by atoms with Crippen molar-refractivity contribution in [1.82, 2.24) is 9.80 Å². The van der Waals surface area contributed by atoms with Crippen molar-refractivity contribution in [1.29, 1.82) is 0 Å². The molecule has 2 heterocycles. The van der Waals surface area contributed by atoms with E-state index in [1.165, 1.54) is 16.7 Å². The van der Waals surface area contributed by atoms with Gasteiger partial charge >= 0.3 is 18.3 Å². The summed E-state index contributed by atoms with van der Waals surface area (Å²) < 4.78 is 83.7. The van der Waals surface area contributed by atoms with Crippen LogP contribution >= 0.6 is 11.8 Å². The molecule has 2 aliphatic rings. The van der Waals surface area contributed by atoms with Gasteiger partial charge in [-0.15, -0.1) is 0 Å². The van der Waals surface area contributed by atoms with Gasteiger partial charge in [0.2, 0.25) is 0 Å². The van der Waals surface area contributed by atoms with Gasteiger partial charge < -0.3 is 31.7 Å². The van der Waals surface area contributed by atoms with Crippen LogP contribution in [0.3, 0.4) is 0 Å². The minimum Gasteiger partial charge on any atom is -0.438 e. The SMILES string of the molecule is NCCN(CCN1CCC(Nc2cc(C(F)(F)F)cc3c2Nc2ccccc2S3)CC1)C(CN)OC(=O)C(F)(F)F. The van der Waals surface area contributed by atoms with Gasteiger partial charge in [-0.1, -0.05) is 23.9 Å². The number of ether oxygens (including phenoxy) is 1. The Morgan fingerprint density at radius 1 is 1.10 bits per heavy atom. The molecular formula is C26H32F6N6O2S. The number of anilines is 3. The van der Waals surface area contributed by atoms with Gasteiger partial charge in [0.15, 0.2) is 6.23 Å². The van der Waals surface area contributed by atoms with Gasteiger partial charge in [-0.3, -0.25) is 4.90 Å². The zero-order valence-electron chi connectivity index (χ0n) is 22.0. The molecule has 4 rings (SSSR count). The van der Waals surface area contributed by atoms with Crippen LogP contribution in [0.5, 0.6) is 0 Å². The number of esters is 1. The smallest absolute Gasteiger partial charge is 0.438 e. The minimum atomic E-state index is -5.13. The van der Waals surface area contributed by atoms with E-state index >= 15 is 0 Å². The van der Waals surface area contributed by atoms with Crippen LogP contribution in [0.1, 0.15) is 18.4 Å². The number of piperidine rings is 1. The summed E-state index contributed by atoms with van der Waals surface area (Å²) in [5, 5.41) is 6.59. The third-order valence-corrected chi connectivity index (χ3v) is 8.06. The predicted molar refractivity (Wildman–Crippen MR) is 144 cm³/mol. The van der Waals surface area contributed by atoms with Crippen LogP contribution in [0.2, 0.25) is 0 Å². The number of alkyl halides is 6. The third-order valence-electron chi connectivity index (χ3n) is 6.95. The maximum Gasteiger partial charge on any atom is 0.490 e. The zero-order chi connectivity index (χ0) is 29.8. The average molecular weight is 607 g/mol. The monoisotopic (exact) mass is 606 g/mol. The van der Waals surface area contributed by atoms with Crippen molar-refractivity contribution in [3.8, 4) is 0 Å². The van der Waals surface area contributed by atoms with Gasteiger partial charge in [0.1, 0.15) is 0 Å². The van der Waals surface area contributed by atoms with E-state index in [2.05, 4.69) is 20.3 Å². The van der Waals surface area contributed by atoms with Crippen LogP contribution in [-0.2, 0) is 15.7 Å². The van der Waals surface area contributed by atoms with Gasteiger partial charge in [0.25, 0.3) is 0 Å². The van der Waals surface area contributed by atoms with Crippen molar-refractivity contribution in [3.05, 3.63) is 42.0 Å². The molecule has 41 heavy (non-hydrogen) atoms. The lowest BCUT2D eigenvalue weighted by molar-refractivity contribution is -0.212. The topological polar surface area (TPSA) is 109 Å². The van der Waals surface area contributed by atoms with Crippen molar-refractivity contribution < 1.29 is 35.9 Å². The Balaban J connectivity index is 1.38. The first-order valence-electron chi connectivity index (χ1n) is 13.1. The number of carbonyl (C=O) groups excluding carboxylic acids is 1. The number of rotatable bonds is 10. The average Bonchev–Trinajstić information content (AvgIpc) is 2.92. The predicted octanol–water partition coefficient (Wildman–Crippen LogP) is 4.44. The number of hydrogen-bond acceptors (Lipinski definition) is 9. The molecule has 2 aromatic carbocycles. The molecule has 0 saturated carbocycles. The molecule has 1 fully saturated rings. The Morgan fingerprint density at radius 2 is 1.80 bits per heavy atom. The number of halogens is 6. The molecule has 15 heteroatoms. The maximum absolute atomic E-state index is 13.7. The van der Waals surface area contributed by atoms with Gasteiger partial charge in [-0.05, 0) is 37.1 Å². The van der Waals surface area contributed by atoms with Crippen molar-refractivity contribution in [2.24, 2.45) is 11.5 Å². The molecule has 2 aromatic rings. The molecule has 0 amide bonds. The van der Waals surface area contributed by atoms with Gasteiger partial charge in [-0.25, -0.2) is 4.79 Å². The Kier molecular flexibility index (Phi) is 9.95. The molecule has 8 nitrogen and oxygen atoms in total. The molecule has 0 radical (unpaired) electrons. The van der Waals surface area contributed by atoms with Gasteiger partial charge in [0, 0.05) is 61.6 Å². The first-order chi connectivity index (χ1) is 19.4. The molecule has 1 atom stereocenters. The van der Waals surface area contributed by atoms with Crippen LogP contribution < -0.4 is 22.1 Å². The fourth-order valence-electron chi connectivity index (χ4n) is 4.83. The number of fused-ring (bicyclic) bond motifs is 2. The number of nitrogens with two attached hydrogens (primary N) is 2.